The Morgan fingerprint density at radius 3 is 1.91 bits per heavy atom. The maximum atomic E-state index is 12.6. The van der Waals surface area contributed by atoms with E-state index in [1.165, 1.54) is 26.4 Å². The van der Waals surface area contributed by atoms with Crippen molar-refractivity contribution in [2.45, 2.75) is 50.6 Å². The first-order valence-corrected chi connectivity index (χ1v) is 11.1. The minimum absolute atomic E-state index is 0.0935. The number of ether oxygens (including phenoxy) is 2. The average molecular weight is 457 g/mol. The van der Waals surface area contributed by atoms with E-state index in [4.69, 9.17) is 19.4 Å². The molecule has 0 saturated carbocycles. The van der Waals surface area contributed by atoms with Crippen LogP contribution in [-0.2, 0) is 19.1 Å². The number of methoxy groups -OCH3 is 2. The third-order valence-electron chi connectivity index (χ3n) is 6.32. The molecule has 1 aromatic heterocycles. The Morgan fingerprint density at radius 1 is 0.909 bits per heavy atom. The lowest BCUT2D eigenvalue weighted by molar-refractivity contribution is -0.384. The lowest BCUT2D eigenvalue weighted by atomic mass is 10.0. The van der Waals surface area contributed by atoms with Crippen molar-refractivity contribution in [2.75, 3.05) is 37.1 Å². The molecule has 0 N–H and O–H groups in total. The number of anilines is 2. The van der Waals surface area contributed by atoms with Crippen LogP contribution >= 0.6 is 0 Å². The summed E-state index contributed by atoms with van der Waals surface area (Å²) in [6, 6.07) is 3.24. The Hall–Kier alpha value is -3.50. The van der Waals surface area contributed by atoms with Crippen molar-refractivity contribution in [2.24, 2.45) is 0 Å². The first-order valence-electron chi connectivity index (χ1n) is 11.1. The van der Waals surface area contributed by atoms with E-state index in [1.54, 1.807) is 6.07 Å². The molecule has 0 bridgehead atoms. The fraction of sp³-hybridized carbons (Fsp3) is 0.545. The van der Waals surface area contributed by atoms with Gasteiger partial charge in [-0.1, -0.05) is 0 Å². The second-order valence-electron chi connectivity index (χ2n) is 8.26. The van der Waals surface area contributed by atoms with E-state index in [2.05, 4.69) is 0 Å². The van der Waals surface area contributed by atoms with Gasteiger partial charge >= 0.3 is 11.9 Å². The number of fused-ring (bicyclic) bond motifs is 1. The monoisotopic (exact) mass is 457 g/mol. The number of hydrogen-bond donors (Lipinski definition) is 0. The fourth-order valence-corrected chi connectivity index (χ4v) is 4.66. The number of benzene rings is 1. The lowest BCUT2D eigenvalue weighted by Gasteiger charge is -2.40. The van der Waals surface area contributed by atoms with Crippen LogP contribution in [0.3, 0.4) is 0 Å². The summed E-state index contributed by atoms with van der Waals surface area (Å²) >= 11 is 0. The Kier molecular flexibility index (Phi) is 6.57. The zero-order chi connectivity index (χ0) is 23.5. The highest BCUT2D eigenvalue weighted by Crippen LogP contribution is 2.36. The molecule has 33 heavy (non-hydrogen) atoms. The molecule has 2 aliphatic rings. The predicted molar refractivity (Wildman–Crippen MR) is 120 cm³/mol. The number of carbonyl (C=O) groups is 2. The Labute approximate surface area is 190 Å². The number of nitro groups is 1. The SMILES string of the molecule is COC(=O)C1CCCCN1c1nc2ccc([N+](=O)[O-])cc2nc1N1CCCCC1C(=O)OC. The van der Waals surface area contributed by atoms with Crippen LogP contribution in [0.5, 0.6) is 0 Å². The van der Waals surface area contributed by atoms with E-state index in [0.717, 1.165) is 25.7 Å². The minimum Gasteiger partial charge on any atom is -0.467 e. The molecule has 2 fully saturated rings. The van der Waals surface area contributed by atoms with Crippen molar-refractivity contribution in [3.8, 4) is 0 Å². The van der Waals surface area contributed by atoms with Gasteiger partial charge < -0.3 is 19.3 Å². The van der Waals surface area contributed by atoms with Gasteiger partial charge in [0.25, 0.3) is 5.69 Å². The molecule has 2 aromatic rings. The van der Waals surface area contributed by atoms with Crippen molar-refractivity contribution in [3.63, 3.8) is 0 Å². The van der Waals surface area contributed by atoms with E-state index >= 15 is 0 Å². The smallest absolute Gasteiger partial charge is 0.328 e. The van der Waals surface area contributed by atoms with Gasteiger partial charge in [-0.15, -0.1) is 0 Å². The maximum Gasteiger partial charge on any atom is 0.328 e. The van der Waals surface area contributed by atoms with Gasteiger partial charge in [0.2, 0.25) is 0 Å². The Morgan fingerprint density at radius 2 is 1.42 bits per heavy atom. The Balaban J connectivity index is 1.89. The highest BCUT2D eigenvalue weighted by Gasteiger charge is 2.37. The number of aromatic nitrogens is 2. The average Bonchev–Trinajstić information content (AvgIpc) is 2.86. The number of nitro benzene ring substituents is 1. The van der Waals surface area contributed by atoms with Crippen LogP contribution in [0.15, 0.2) is 18.2 Å². The lowest BCUT2D eigenvalue weighted by Crippen LogP contribution is -2.49. The molecule has 11 nitrogen and oxygen atoms in total. The topological polar surface area (TPSA) is 128 Å². The molecule has 2 aliphatic heterocycles. The molecule has 0 spiro atoms. The van der Waals surface area contributed by atoms with Crippen LogP contribution in [0.4, 0.5) is 17.3 Å². The van der Waals surface area contributed by atoms with Crippen LogP contribution in [0, 0.1) is 10.1 Å². The summed E-state index contributed by atoms with van der Waals surface area (Å²) in [7, 11) is 2.71. The van der Waals surface area contributed by atoms with Crippen LogP contribution in [0.25, 0.3) is 11.0 Å². The largest absolute Gasteiger partial charge is 0.467 e. The first kappa shape index (κ1) is 22.7. The van der Waals surface area contributed by atoms with Crippen molar-refractivity contribution < 1.29 is 24.0 Å². The molecular weight excluding hydrogens is 430 g/mol. The first-order chi connectivity index (χ1) is 15.9. The predicted octanol–water partition coefficient (Wildman–Crippen LogP) is 2.60. The van der Waals surface area contributed by atoms with Gasteiger partial charge in [0.1, 0.15) is 12.1 Å². The van der Waals surface area contributed by atoms with Gasteiger partial charge in [0, 0.05) is 25.2 Å². The number of non-ortho nitro benzene ring substituents is 1. The van der Waals surface area contributed by atoms with Gasteiger partial charge in [0.05, 0.1) is 30.2 Å². The summed E-state index contributed by atoms with van der Waals surface area (Å²) in [6.45, 7) is 1.13. The van der Waals surface area contributed by atoms with Gasteiger partial charge in [0.15, 0.2) is 11.6 Å². The third kappa shape index (κ3) is 4.39. The van der Waals surface area contributed by atoms with Gasteiger partial charge in [-0.2, -0.15) is 0 Å². The zero-order valence-electron chi connectivity index (χ0n) is 18.7. The fourth-order valence-electron chi connectivity index (χ4n) is 4.66. The van der Waals surface area contributed by atoms with Crippen molar-refractivity contribution >= 4 is 40.3 Å². The van der Waals surface area contributed by atoms with Gasteiger partial charge in [-0.25, -0.2) is 19.6 Å². The summed E-state index contributed by atoms with van der Waals surface area (Å²) in [6.07, 6.45) is 4.68. The summed E-state index contributed by atoms with van der Waals surface area (Å²) in [4.78, 5) is 49.3. The number of esters is 2. The molecule has 2 atom stereocenters. The molecule has 4 rings (SSSR count). The van der Waals surface area contributed by atoms with Crippen molar-refractivity contribution in [1.82, 2.24) is 9.97 Å². The molecule has 1 aromatic carbocycles. The summed E-state index contributed by atoms with van der Waals surface area (Å²) < 4.78 is 10.1. The van der Waals surface area contributed by atoms with Crippen molar-refractivity contribution in [1.29, 1.82) is 0 Å². The standard InChI is InChI=1S/C22H27N5O6/c1-32-21(28)17-7-3-5-11-25(17)19-20(26-12-6-4-8-18(26)22(29)33-2)24-16-13-14(27(30)31)9-10-15(16)23-19/h9-10,13,17-18H,3-8,11-12H2,1-2H3. The molecular formula is C22H27N5O6. The molecule has 3 heterocycles. The third-order valence-corrected chi connectivity index (χ3v) is 6.32. The van der Waals surface area contributed by atoms with E-state index in [0.29, 0.717) is 48.6 Å². The van der Waals surface area contributed by atoms with E-state index in [9.17, 15) is 19.7 Å². The number of nitrogens with zero attached hydrogens (tertiary/aromatic N) is 5. The van der Waals surface area contributed by atoms with Crippen LogP contribution in [0.2, 0.25) is 0 Å². The number of carbonyl (C=O) groups excluding carboxylic acids is 2. The molecule has 2 saturated heterocycles. The molecule has 0 radical (unpaired) electrons. The summed E-state index contributed by atoms with van der Waals surface area (Å²) in [5, 5.41) is 11.3. The van der Waals surface area contributed by atoms with E-state index in [-0.39, 0.29) is 17.6 Å². The second kappa shape index (κ2) is 9.55. The number of rotatable bonds is 5. The van der Waals surface area contributed by atoms with Crippen molar-refractivity contribution in [3.05, 3.63) is 28.3 Å². The summed E-state index contributed by atoms with van der Waals surface area (Å²) in [5.74, 6) is 0.176. The van der Waals surface area contributed by atoms with E-state index in [1.807, 2.05) is 9.80 Å². The molecule has 176 valence electrons. The Bertz CT molecular complexity index is 1080. The zero-order valence-corrected chi connectivity index (χ0v) is 18.7. The van der Waals surface area contributed by atoms with Crippen LogP contribution < -0.4 is 9.80 Å². The van der Waals surface area contributed by atoms with Gasteiger partial charge in [-0.05, 0) is 44.6 Å². The van der Waals surface area contributed by atoms with Gasteiger partial charge in [-0.3, -0.25) is 10.1 Å². The highest BCUT2D eigenvalue weighted by atomic mass is 16.6. The molecule has 0 amide bonds. The van der Waals surface area contributed by atoms with Crippen LogP contribution in [-0.4, -0.2) is 66.2 Å². The normalized spacial score (nSPS) is 21.0. The molecule has 11 heteroatoms. The maximum absolute atomic E-state index is 12.6. The molecule has 2 unspecified atom stereocenters. The number of hydrogen-bond acceptors (Lipinski definition) is 10. The second-order valence-corrected chi connectivity index (χ2v) is 8.26. The summed E-state index contributed by atoms with van der Waals surface area (Å²) in [5.41, 5.74) is 0.730. The highest BCUT2D eigenvalue weighted by molar-refractivity contribution is 5.88. The quantitative estimate of drug-likeness (QED) is 0.375. The van der Waals surface area contributed by atoms with Crippen LogP contribution in [0.1, 0.15) is 38.5 Å². The number of piperidine rings is 2. The molecule has 0 aliphatic carbocycles. The van der Waals surface area contributed by atoms with E-state index < -0.39 is 17.0 Å². The minimum atomic E-state index is -0.547.